The number of hydrogen-bond acceptors (Lipinski definition) is 7. The molecule has 0 aliphatic carbocycles. The fraction of sp³-hybridized carbons (Fsp3) is 0.560. The van der Waals surface area contributed by atoms with E-state index in [1.807, 2.05) is 0 Å². The van der Waals surface area contributed by atoms with Crippen molar-refractivity contribution in [3.05, 3.63) is 30.6 Å². The van der Waals surface area contributed by atoms with Crippen molar-refractivity contribution in [1.29, 1.82) is 0 Å². The Morgan fingerprint density at radius 1 is 0.941 bits per heavy atom. The lowest BCUT2D eigenvalue weighted by Gasteiger charge is -2.19. The summed E-state index contributed by atoms with van der Waals surface area (Å²) >= 11 is 0. The molecule has 0 spiro atoms. The minimum absolute atomic E-state index is 0.169. The molecule has 1 heterocycles. The molecule has 0 fully saturated rings. The summed E-state index contributed by atoms with van der Waals surface area (Å²) in [5, 5.41) is 0. The van der Waals surface area contributed by atoms with Crippen LogP contribution >= 0.6 is 0 Å². The van der Waals surface area contributed by atoms with Crippen LogP contribution in [0.25, 0.3) is 0 Å². The molecule has 0 saturated heterocycles. The van der Waals surface area contributed by atoms with Gasteiger partial charge in [-0.2, -0.15) is 0 Å². The van der Waals surface area contributed by atoms with Gasteiger partial charge in [0.15, 0.2) is 5.75 Å². The minimum atomic E-state index is -0.970. The molecule has 0 bridgehead atoms. The van der Waals surface area contributed by atoms with Crippen LogP contribution in [0.3, 0.4) is 0 Å². The molecule has 0 radical (unpaired) electrons. The SMILES string of the molecule is CCCCCCN(C=Nc1ccncc1OC(=O)/C=C\C(=O)OC(=O)N(C)C)CCCCCC. The first-order valence-corrected chi connectivity index (χ1v) is 11.9. The molecule has 0 unspecified atom stereocenters. The number of nitrogens with zero attached hydrogens (tertiary/aromatic N) is 4. The number of aromatic nitrogens is 1. The van der Waals surface area contributed by atoms with E-state index in [2.05, 4.69) is 33.5 Å². The molecule has 34 heavy (non-hydrogen) atoms. The third-order valence-corrected chi connectivity index (χ3v) is 4.84. The van der Waals surface area contributed by atoms with Crippen molar-refractivity contribution in [3.63, 3.8) is 0 Å². The van der Waals surface area contributed by atoms with Crippen molar-refractivity contribution in [3.8, 4) is 5.75 Å². The van der Waals surface area contributed by atoms with E-state index < -0.39 is 18.0 Å². The summed E-state index contributed by atoms with van der Waals surface area (Å²) < 4.78 is 9.79. The molecule has 1 aromatic heterocycles. The Morgan fingerprint density at radius 3 is 2.15 bits per heavy atom. The molecule has 0 saturated carbocycles. The maximum atomic E-state index is 12.1. The lowest BCUT2D eigenvalue weighted by atomic mass is 10.2. The van der Waals surface area contributed by atoms with E-state index in [0.717, 1.165) is 43.0 Å². The largest absolute Gasteiger partial charge is 0.419 e. The Morgan fingerprint density at radius 2 is 1.56 bits per heavy atom. The van der Waals surface area contributed by atoms with E-state index in [9.17, 15) is 14.4 Å². The van der Waals surface area contributed by atoms with E-state index in [0.29, 0.717) is 5.69 Å². The first-order valence-electron chi connectivity index (χ1n) is 11.9. The van der Waals surface area contributed by atoms with Gasteiger partial charge in [-0.3, -0.25) is 4.98 Å². The molecule has 9 heteroatoms. The van der Waals surface area contributed by atoms with E-state index in [4.69, 9.17) is 4.74 Å². The monoisotopic (exact) mass is 474 g/mol. The van der Waals surface area contributed by atoms with Crippen molar-refractivity contribution in [1.82, 2.24) is 14.8 Å². The second kappa shape index (κ2) is 17.3. The van der Waals surface area contributed by atoms with E-state index in [-0.39, 0.29) is 5.75 Å². The number of pyridine rings is 1. The van der Waals surface area contributed by atoms with E-state index in [1.165, 1.54) is 58.8 Å². The maximum absolute atomic E-state index is 12.1. The Bertz CT molecular complexity index is 811. The number of amides is 1. The molecule has 0 aromatic carbocycles. The van der Waals surface area contributed by atoms with Crippen LogP contribution in [-0.4, -0.2) is 66.3 Å². The van der Waals surface area contributed by atoms with Crippen molar-refractivity contribution in [2.24, 2.45) is 4.99 Å². The number of carbonyl (C=O) groups excluding carboxylic acids is 3. The second-order valence-electron chi connectivity index (χ2n) is 8.08. The second-order valence-corrected chi connectivity index (χ2v) is 8.08. The topological polar surface area (TPSA) is 101 Å². The number of esters is 2. The number of unbranched alkanes of at least 4 members (excludes halogenated alkanes) is 6. The fourth-order valence-electron chi connectivity index (χ4n) is 2.90. The summed E-state index contributed by atoms with van der Waals surface area (Å²) in [7, 11) is 2.88. The maximum Gasteiger partial charge on any atom is 0.417 e. The van der Waals surface area contributed by atoms with E-state index in [1.54, 1.807) is 18.6 Å². The van der Waals surface area contributed by atoms with Gasteiger partial charge in [-0.25, -0.2) is 19.4 Å². The molecule has 1 amide bonds. The van der Waals surface area contributed by atoms with Crippen molar-refractivity contribution in [2.45, 2.75) is 65.2 Å². The molecule has 0 aliphatic heterocycles. The number of aliphatic imine (C=N–C) groups is 1. The summed E-state index contributed by atoms with van der Waals surface area (Å²) in [5.74, 6) is -1.61. The van der Waals surface area contributed by atoms with Gasteiger partial charge in [0.05, 0.1) is 12.5 Å². The van der Waals surface area contributed by atoms with Gasteiger partial charge < -0.3 is 19.3 Å². The zero-order chi connectivity index (χ0) is 25.2. The predicted molar refractivity (Wildman–Crippen MR) is 132 cm³/mol. The smallest absolute Gasteiger partial charge is 0.417 e. The highest BCUT2D eigenvalue weighted by Gasteiger charge is 2.11. The van der Waals surface area contributed by atoms with Crippen LogP contribution in [0.15, 0.2) is 35.6 Å². The van der Waals surface area contributed by atoms with Crippen molar-refractivity contribution in [2.75, 3.05) is 27.2 Å². The number of hydrogen-bond donors (Lipinski definition) is 0. The first kappa shape index (κ1) is 28.8. The fourth-order valence-corrected chi connectivity index (χ4v) is 2.90. The number of rotatable bonds is 15. The lowest BCUT2D eigenvalue weighted by molar-refractivity contribution is -0.134. The summed E-state index contributed by atoms with van der Waals surface area (Å²) in [4.78, 5) is 46.9. The third kappa shape index (κ3) is 12.7. The minimum Gasteiger partial charge on any atom is -0.419 e. The molecule has 0 aliphatic rings. The standard InChI is InChI=1S/C25H38N4O5/c1-5-7-9-11-17-29(18-12-10-8-6-2)20-27-21-15-16-26-19-22(21)33-23(30)13-14-24(31)34-25(32)28(3)4/h13-16,19-20H,5-12,17-18H2,1-4H3/b14-13-,27-20?. The van der Waals surface area contributed by atoms with Crippen LogP contribution in [0, 0.1) is 0 Å². The summed E-state index contributed by atoms with van der Waals surface area (Å²) in [6, 6.07) is 1.65. The molecule has 1 aromatic rings. The molecule has 1 rings (SSSR count). The van der Waals surface area contributed by atoms with Crippen molar-refractivity contribution < 1.29 is 23.9 Å². The van der Waals surface area contributed by atoms with Gasteiger partial charge in [0.25, 0.3) is 0 Å². The quantitative estimate of drug-likeness (QED) is 0.0890. The van der Waals surface area contributed by atoms with Crippen molar-refractivity contribution >= 4 is 30.1 Å². The number of carbonyl (C=O) groups is 3. The van der Waals surface area contributed by atoms with E-state index >= 15 is 0 Å². The predicted octanol–water partition coefficient (Wildman–Crippen LogP) is 4.89. The summed E-state index contributed by atoms with van der Waals surface area (Å²) in [6.07, 6.45) is 15.0. The van der Waals surface area contributed by atoms with Crippen LogP contribution in [0.2, 0.25) is 0 Å². The first-order chi connectivity index (χ1) is 16.4. The summed E-state index contributed by atoms with van der Waals surface area (Å²) in [6.45, 7) is 6.23. The van der Waals surface area contributed by atoms with Crippen LogP contribution in [0.4, 0.5) is 10.5 Å². The molecule has 9 nitrogen and oxygen atoms in total. The average molecular weight is 475 g/mol. The third-order valence-electron chi connectivity index (χ3n) is 4.84. The van der Waals surface area contributed by atoms with Gasteiger partial charge in [0.1, 0.15) is 5.69 Å². The van der Waals surface area contributed by atoms with Gasteiger partial charge >= 0.3 is 18.0 Å². The highest BCUT2D eigenvalue weighted by Crippen LogP contribution is 2.25. The zero-order valence-corrected chi connectivity index (χ0v) is 20.9. The Labute approximate surface area is 202 Å². The summed E-state index contributed by atoms with van der Waals surface area (Å²) in [5.41, 5.74) is 0.453. The van der Waals surface area contributed by atoms with Crippen LogP contribution < -0.4 is 4.74 Å². The molecule has 0 atom stereocenters. The highest BCUT2D eigenvalue weighted by molar-refractivity contribution is 5.96. The Kier molecular flexibility index (Phi) is 14.6. The van der Waals surface area contributed by atoms with Gasteiger partial charge in [-0.1, -0.05) is 52.4 Å². The Hall–Kier alpha value is -3.23. The normalized spacial score (nSPS) is 11.1. The average Bonchev–Trinajstić information content (AvgIpc) is 2.81. The molecular weight excluding hydrogens is 436 g/mol. The molecule has 188 valence electrons. The highest BCUT2D eigenvalue weighted by atomic mass is 16.6. The van der Waals surface area contributed by atoms with Gasteiger partial charge in [0.2, 0.25) is 0 Å². The van der Waals surface area contributed by atoms with Crippen LogP contribution in [0.1, 0.15) is 65.2 Å². The molecular formula is C25H38N4O5. The van der Waals surface area contributed by atoms with Gasteiger partial charge in [-0.05, 0) is 18.9 Å². The molecule has 0 N–H and O–H groups in total. The van der Waals surface area contributed by atoms with Gasteiger partial charge in [0, 0.05) is 45.5 Å². The van der Waals surface area contributed by atoms with Crippen LogP contribution in [-0.2, 0) is 14.3 Å². The van der Waals surface area contributed by atoms with Crippen LogP contribution in [0.5, 0.6) is 5.75 Å². The Balaban J connectivity index is 2.77. The lowest BCUT2D eigenvalue weighted by Crippen LogP contribution is -2.25. The van der Waals surface area contributed by atoms with Gasteiger partial charge in [-0.15, -0.1) is 0 Å². The number of ether oxygens (including phenoxy) is 2. The zero-order valence-electron chi connectivity index (χ0n) is 20.9.